The number of hydrogen-bond donors (Lipinski definition) is 1. The van der Waals surface area contributed by atoms with Crippen LogP contribution in [-0.2, 0) is 4.74 Å². The van der Waals surface area contributed by atoms with E-state index in [1.807, 2.05) is 18.2 Å². The highest BCUT2D eigenvalue weighted by Gasteiger charge is 2.14. The molecule has 0 aliphatic carbocycles. The van der Waals surface area contributed by atoms with Gasteiger partial charge in [-0.05, 0) is 30.3 Å². The number of hydrogen-bond acceptors (Lipinski definition) is 7. The van der Waals surface area contributed by atoms with Crippen molar-refractivity contribution in [2.75, 3.05) is 12.4 Å². The zero-order chi connectivity index (χ0) is 20.2. The number of methoxy groups -OCH3 is 1. The van der Waals surface area contributed by atoms with Crippen LogP contribution >= 0.6 is 11.3 Å². The van der Waals surface area contributed by atoms with Gasteiger partial charge in [0.05, 0.1) is 18.4 Å². The van der Waals surface area contributed by atoms with E-state index < -0.39 is 11.9 Å². The first-order valence-electron chi connectivity index (χ1n) is 8.61. The number of fused-ring (bicyclic) bond motifs is 1. The predicted molar refractivity (Wildman–Crippen MR) is 109 cm³/mol. The average Bonchev–Trinajstić information content (AvgIpc) is 3.26. The van der Waals surface area contributed by atoms with Crippen LogP contribution in [0.15, 0.2) is 75.6 Å². The van der Waals surface area contributed by atoms with Crippen LogP contribution in [0.3, 0.4) is 0 Å². The van der Waals surface area contributed by atoms with Gasteiger partial charge in [0.25, 0.3) is 5.91 Å². The van der Waals surface area contributed by atoms with Crippen molar-refractivity contribution in [1.82, 2.24) is 4.98 Å². The van der Waals surface area contributed by atoms with Gasteiger partial charge in [-0.25, -0.2) is 14.8 Å². The third-order valence-corrected chi connectivity index (χ3v) is 4.74. The number of para-hydroxylation sites is 1. The second-order valence-electron chi connectivity index (χ2n) is 5.95. The Morgan fingerprint density at radius 3 is 2.79 bits per heavy atom. The van der Waals surface area contributed by atoms with Crippen molar-refractivity contribution in [3.63, 3.8) is 0 Å². The molecule has 0 unspecified atom stereocenters. The molecule has 4 rings (SSSR count). The van der Waals surface area contributed by atoms with Crippen molar-refractivity contribution in [1.29, 1.82) is 0 Å². The van der Waals surface area contributed by atoms with Crippen LogP contribution in [0.1, 0.15) is 20.7 Å². The molecule has 0 saturated carbocycles. The van der Waals surface area contributed by atoms with Gasteiger partial charge in [0, 0.05) is 17.0 Å². The van der Waals surface area contributed by atoms with E-state index in [2.05, 4.69) is 15.3 Å². The van der Waals surface area contributed by atoms with Crippen molar-refractivity contribution in [2.45, 2.75) is 0 Å². The third kappa shape index (κ3) is 4.07. The molecule has 0 fully saturated rings. The summed E-state index contributed by atoms with van der Waals surface area (Å²) in [6, 6.07) is 15.6. The maximum Gasteiger partial charge on any atom is 0.337 e. The fourth-order valence-electron chi connectivity index (χ4n) is 2.70. The fraction of sp³-hybridized carbons (Fsp3) is 0.0476. The van der Waals surface area contributed by atoms with E-state index in [9.17, 15) is 9.59 Å². The second kappa shape index (κ2) is 8.07. The molecular formula is C21H15N3O4S. The van der Waals surface area contributed by atoms with Crippen LogP contribution in [0.2, 0.25) is 0 Å². The number of carbonyl (C=O) groups excluding carboxylic acids is 2. The van der Waals surface area contributed by atoms with Crippen molar-refractivity contribution < 1.29 is 18.7 Å². The summed E-state index contributed by atoms with van der Waals surface area (Å²) >= 11 is 1.31. The van der Waals surface area contributed by atoms with Crippen molar-refractivity contribution in [3.05, 3.63) is 82.9 Å². The third-order valence-electron chi connectivity index (χ3n) is 4.05. The van der Waals surface area contributed by atoms with Crippen LogP contribution in [0, 0.1) is 0 Å². The van der Waals surface area contributed by atoms with E-state index in [0.29, 0.717) is 22.0 Å². The van der Waals surface area contributed by atoms with E-state index in [1.54, 1.807) is 48.0 Å². The number of ether oxygens (including phenoxy) is 1. The van der Waals surface area contributed by atoms with Crippen LogP contribution in [0.25, 0.3) is 11.0 Å². The minimum absolute atomic E-state index is 0.125. The van der Waals surface area contributed by atoms with Crippen molar-refractivity contribution >= 4 is 45.0 Å². The summed E-state index contributed by atoms with van der Waals surface area (Å²) in [4.78, 5) is 33.2. The number of nitrogens with one attached hydrogen (secondary N) is 1. The summed E-state index contributed by atoms with van der Waals surface area (Å²) in [6.45, 7) is 0. The number of thiazole rings is 1. The topological polar surface area (TPSA) is 93.8 Å². The molecule has 1 amide bonds. The summed E-state index contributed by atoms with van der Waals surface area (Å²) in [5.41, 5.74) is 1.77. The molecule has 144 valence electrons. The van der Waals surface area contributed by atoms with Gasteiger partial charge in [-0.3, -0.25) is 10.1 Å². The van der Waals surface area contributed by atoms with Gasteiger partial charge >= 0.3 is 5.97 Å². The lowest BCUT2D eigenvalue weighted by Gasteiger charge is -2.05. The van der Waals surface area contributed by atoms with E-state index in [-0.39, 0.29) is 11.1 Å². The molecule has 2 aromatic carbocycles. The number of anilines is 1. The zero-order valence-corrected chi connectivity index (χ0v) is 16.1. The Labute approximate surface area is 169 Å². The highest BCUT2D eigenvalue weighted by molar-refractivity contribution is 7.13. The molecular weight excluding hydrogens is 390 g/mol. The average molecular weight is 405 g/mol. The molecule has 2 heterocycles. The van der Waals surface area contributed by atoms with Gasteiger partial charge in [-0.15, -0.1) is 11.3 Å². The van der Waals surface area contributed by atoms with Crippen LogP contribution < -0.4 is 10.9 Å². The first-order valence-corrected chi connectivity index (χ1v) is 9.49. The van der Waals surface area contributed by atoms with E-state index in [0.717, 1.165) is 5.39 Å². The predicted octanol–water partition coefficient (Wildman–Crippen LogP) is 4.16. The largest absolute Gasteiger partial charge is 0.465 e. The number of carbonyl (C=O) groups is 2. The fourth-order valence-corrected chi connectivity index (χ4v) is 3.23. The maximum atomic E-state index is 12.8. The Morgan fingerprint density at radius 2 is 2.00 bits per heavy atom. The van der Waals surface area contributed by atoms with Gasteiger partial charge in [0.1, 0.15) is 11.1 Å². The Balaban J connectivity index is 1.84. The standard InChI is InChI=1S/C21H15N3O4S/c1-27-20(26)14-6-4-7-15(11-14)23-19-16(18(25)24-21-22-9-10-29-21)12-13-5-2-3-8-17(13)28-19/h2-12H,1H3,(H,22,24,25). The van der Waals surface area contributed by atoms with Crippen LogP contribution in [-0.4, -0.2) is 24.0 Å². The molecule has 0 atom stereocenters. The normalized spacial score (nSPS) is 11.4. The minimum atomic E-state index is -0.473. The molecule has 29 heavy (non-hydrogen) atoms. The lowest BCUT2D eigenvalue weighted by atomic mass is 10.1. The van der Waals surface area contributed by atoms with E-state index in [1.165, 1.54) is 18.4 Å². The van der Waals surface area contributed by atoms with Crippen LogP contribution in [0.5, 0.6) is 0 Å². The first-order chi connectivity index (χ1) is 14.1. The molecule has 1 N–H and O–H groups in total. The van der Waals surface area contributed by atoms with Gasteiger partial charge in [-0.2, -0.15) is 0 Å². The number of rotatable bonds is 4. The van der Waals surface area contributed by atoms with Gasteiger partial charge in [0.15, 0.2) is 5.13 Å². The molecule has 0 bridgehead atoms. The molecule has 4 aromatic rings. The summed E-state index contributed by atoms with van der Waals surface area (Å²) in [5, 5.41) is 5.75. The first kappa shape index (κ1) is 18.6. The number of aromatic nitrogens is 1. The maximum absolute atomic E-state index is 12.8. The summed E-state index contributed by atoms with van der Waals surface area (Å²) < 4.78 is 10.6. The van der Waals surface area contributed by atoms with Gasteiger partial charge < -0.3 is 9.15 Å². The molecule has 0 saturated heterocycles. The molecule has 2 aromatic heterocycles. The summed E-state index contributed by atoms with van der Waals surface area (Å²) in [5.74, 6) is -0.864. The van der Waals surface area contributed by atoms with Gasteiger partial charge in [-0.1, -0.05) is 24.3 Å². The second-order valence-corrected chi connectivity index (χ2v) is 6.84. The monoisotopic (exact) mass is 405 g/mol. The van der Waals surface area contributed by atoms with Crippen LogP contribution in [0.4, 0.5) is 10.8 Å². The lowest BCUT2D eigenvalue weighted by Crippen LogP contribution is -2.21. The SMILES string of the molecule is COC(=O)c1cccc(N=c2oc3ccccc3cc2C(=O)Nc2nccs2)c1. The number of amides is 1. The number of benzene rings is 2. The van der Waals surface area contributed by atoms with E-state index >= 15 is 0 Å². The summed E-state index contributed by atoms with van der Waals surface area (Å²) in [6.07, 6.45) is 1.61. The lowest BCUT2D eigenvalue weighted by molar-refractivity contribution is 0.0600. The Bertz CT molecular complexity index is 1260. The quantitative estimate of drug-likeness (QED) is 0.515. The highest BCUT2D eigenvalue weighted by Crippen LogP contribution is 2.18. The molecule has 0 aliphatic heterocycles. The Hall–Kier alpha value is -3.78. The molecule has 8 heteroatoms. The zero-order valence-electron chi connectivity index (χ0n) is 15.3. The van der Waals surface area contributed by atoms with Crippen molar-refractivity contribution in [3.8, 4) is 0 Å². The van der Waals surface area contributed by atoms with E-state index in [4.69, 9.17) is 9.15 Å². The van der Waals surface area contributed by atoms with Gasteiger partial charge in [0.2, 0.25) is 5.55 Å². The number of esters is 1. The minimum Gasteiger partial charge on any atom is -0.465 e. The highest BCUT2D eigenvalue weighted by atomic mass is 32.1. The molecule has 0 spiro atoms. The smallest absolute Gasteiger partial charge is 0.337 e. The Kier molecular flexibility index (Phi) is 5.17. The Morgan fingerprint density at radius 1 is 1.14 bits per heavy atom. The number of nitrogens with zero attached hydrogens (tertiary/aromatic N) is 2. The molecule has 0 aliphatic rings. The molecule has 7 nitrogen and oxygen atoms in total. The summed E-state index contributed by atoms with van der Waals surface area (Å²) in [7, 11) is 1.31. The molecule has 0 radical (unpaired) electrons. The van der Waals surface area contributed by atoms with Crippen molar-refractivity contribution in [2.24, 2.45) is 4.99 Å².